The maximum Gasteiger partial charge on any atom is 0.417 e. The van der Waals surface area contributed by atoms with E-state index in [0.29, 0.717) is 5.56 Å². The van der Waals surface area contributed by atoms with Crippen LogP contribution in [0.4, 0.5) is 13.2 Å². The fourth-order valence-corrected chi connectivity index (χ4v) is 2.40. The van der Waals surface area contributed by atoms with Crippen molar-refractivity contribution in [3.63, 3.8) is 0 Å². The van der Waals surface area contributed by atoms with Crippen LogP contribution in [0.15, 0.2) is 48.5 Å². The maximum absolute atomic E-state index is 13.0. The molecule has 3 rings (SSSR count). The Labute approximate surface area is 109 Å². The molecule has 0 fully saturated rings. The van der Waals surface area contributed by atoms with Crippen molar-refractivity contribution in [1.29, 1.82) is 0 Å². The highest BCUT2D eigenvalue weighted by atomic mass is 19.4. The number of allylic oxidation sites excluding steroid dienone is 1. The average Bonchev–Trinajstić information content (AvgIpc) is 2.85. The van der Waals surface area contributed by atoms with Gasteiger partial charge in [0.2, 0.25) is 0 Å². The number of fused-ring (bicyclic) bond motifs is 1. The molecule has 0 aromatic heterocycles. The zero-order chi connectivity index (χ0) is 13.5. The fraction of sp³-hybridized carbons (Fsp3) is 0.125. The van der Waals surface area contributed by atoms with Gasteiger partial charge in [-0.15, -0.1) is 0 Å². The SMILES string of the molecule is FC(F)(F)c1ccccc1-c1ccc2c(c1)C=CC2. The molecule has 0 saturated heterocycles. The molecule has 0 heterocycles. The van der Waals surface area contributed by atoms with Gasteiger partial charge in [-0.05, 0) is 40.8 Å². The maximum atomic E-state index is 13.0. The molecule has 1 aliphatic rings. The number of rotatable bonds is 1. The lowest BCUT2D eigenvalue weighted by Crippen LogP contribution is -2.06. The molecule has 0 nitrogen and oxygen atoms in total. The Morgan fingerprint density at radius 3 is 2.53 bits per heavy atom. The first-order valence-corrected chi connectivity index (χ1v) is 6.02. The lowest BCUT2D eigenvalue weighted by molar-refractivity contribution is -0.137. The van der Waals surface area contributed by atoms with Crippen LogP contribution in [-0.4, -0.2) is 0 Å². The van der Waals surface area contributed by atoms with Gasteiger partial charge in [-0.2, -0.15) is 13.2 Å². The summed E-state index contributed by atoms with van der Waals surface area (Å²) in [6, 6.07) is 11.2. The second kappa shape index (κ2) is 4.26. The van der Waals surface area contributed by atoms with Gasteiger partial charge in [-0.1, -0.05) is 42.5 Å². The standard InChI is InChI=1S/C16H11F3/c17-16(18,19)15-7-2-1-6-14(15)13-9-8-11-4-3-5-12(11)10-13/h1-3,5-10H,4H2. The van der Waals surface area contributed by atoms with E-state index in [-0.39, 0.29) is 5.56 Å². The summed E-state index contributed by atoms with van der Waals surface area (Å²) in [4.78, 5) is 0. The molecule has 0 N–H and O–H groups in total. The van der Waals surface area contributed by atoms with E-state index in [1.807, 2.05) is 24.3 Å². The van der Waals surface area contributed by atoms with E-state index < -0.39 is 11.7 Å². The molecule has 2 aromatic carbocycles. The molecule has 96 valence electrons. The molecule has 0 aliphatic heterocycles. The van der Waals surface area contributed by atoms with Crippen molar-refractivity contribution in [2.75, 3.05) is 0 Å². The summed E-state index contributed by atoms with van der Waals surface area (Å²) in [5, 5.41) is 0. The third-order valence-electron chi connectivity index (χ3n) is 3.32. The van der Waals surface area contributed by atoms with Crippen LogP contribution in [0.5, 0.6) is 0 Å². The highest BCUT2D eigenvalue weighted by Crippen LogP contribution is 2.37. The number of benzene rings is 2. The zero-order valence-corrected chi connectivity index (χ0v) is 10.0. The second-order valence-corrected chi connectivity index (χ2v) is 4.56. The molecule has 0 radical (unpaired) electrons. The van der Waals surface area contributed by atoms with Crippen LogP contribution in [0.25, 0.3) is 17.2 Å². The summed E-state index contributed by atoms with van der Waals surface area (Å²) >= 11 is 0. The van der Waals surface area contributed by atoms with E-state index in [1.165, 1.54) is 12.1 Å². The summed E-state index contributed by atoms with van der Waals surface area (Å²) in [5.74, 6) is 0. The molecule has 0 bridgehead atoms. The van der Waals surface area contributed by atoms with Crippen molar-refractivity contribution in [1.82, 2.24) is 0 Å². The van der Waals surface area contributed by atoms with Crippen LogP contribution in [0, 0.1) is 0 Å². The average molecular weight is 260 g/mol. The highest BCUT2D eigenvalue weighted by molar-refractivity contribution is 5.73. The lowest BCUT2D eigenvalue weighted by Gasteiger charge is -2.13. The van der Waals surface area contributed by atoms with Gasteiger partial charge in [0.25, 0.3) is 0 Å². The molecule has 0 atom stereocenters. The fourth-order valence-electron chi connectivity index (χ4n) is 2.40. The Morgan fingerprint density at radius 2 is 1.74 bits per heavy atom. The highest BCUT2D eigenvalue weighted by Gasteiger charge is 2.33. The molecule has 0 spiro atoms. The molecule has 1 aliphatic carbocycles. The lowest BCUT2D eigenvalue weighted by atomic mass is 9.96. The van der Waals surface area contributed by atoms with Crippen LogP contribution in [0.1, 0.15) is 16.7 Å². The van der Waals surface area contributed by atoms with Crippen LogP contribution >= 0.6 is 0 Å². The van der Waals surface area contributed by atoms with Crippen molar-refractivity contribution in [3.05, 3.63) is 65.2 Å². The molecule has 0 saturated carbocycles. The molecule has 19 heavy (non-hydrogen) atoms. The van der Waals surface area contributed by atoms with E-state index in [0.717, 1.165) is 23.6 Å². The van der Waals surface area contributed by atoms with E-state index in [1.54, 1.807) is 12.1 Å². The van der Waals surface area contributed by atoms with Crippen molar-refractivity contribution in [3.8, 4) is 11.1 Å². The third-order valence-corrected chi connectivity index (χ3v) is 3.32. The zero-order valence-electron chi connectivity index (χ0n) is 10.0. The van der Waals surface area contributed by atoms with Crippen LogP contribution in [0.2, 0.25) is 0 Å². The summed E-state index contributed by atoms with van der Waals surface area (Å²) < 4.78 is 39.0. The van der Waals surface area contributed by atoms with Gasteiger partial charge in [0.15, 0.2) is 0 Å². The van der Waals surface area contributed by atoms with Crippen molar-refractivity contribution < 1.29 is 13.2 Å². The van der Waals surface area contributed by atoms with E-state index in [4.69, 9.17) is 0 Å². The topological polar surface area (TPSA) is 0 Å². The van der Waals surface area contributed by atoms with Gasteiger partial charge in [0.05, 0.1) is 5.56 Å². The van der Waals surface area contributed by atoms with Crippen molar-refractivity contribution >= 4 is 6.08 Å². The summed E-state index contributed by atoms with van der Waals surface area (Å²) in [5.41, 5.74) is 2.43. The molecule has 3 heteroatoms. The van der Waals surface area contributed by atoms with E-state index in [9.17, 15) is 13.2 Å². The minimum Gasteiger partial charge on any atom is -0.166 e. The Balaban J connectivity index is 2.15. The van der Waals surface area contributed by atoms with E-state index >= 15 is 0 Å². The summed E-state index contributed by atoms with van der Waals surface area (Å²) in [6.07, 6.45) is 0.501. The first-order valence-electron chi connectivity index (χ1n) is 6.02. The Kier molecular flexibility index (Phi) is 2.70. The van der Waals surface area contributed by atoms with Gasteiger partial charge in [-0.3, -0.25) is 0 Å². The predicted molar refractivity (Wildman–Crippen MR) is 69.6 cm³/mol. The minimum atomic E-state index is -4.33. The molecule has 2 aromatic rings. The van der Waals surface area contributed by atoms with E-state index in [2.05, 4.69) is 0 Å². The minimum absolute atomic E-state index is 0.234. The van der Waals surface area contributed by atoms with Gasteiger partial charge in [0.1, 0.15) is 0 Å². The van der Waals surface area contributed by atoms with Gasteiger partial charge < -0.3 is 0 Å². The second-order valence-electron chi connectivity index (χ2n) is 4.56. The van der Waals surface area contributed by atoms with Crippen molar-refractivity contribution in [2.45, 2.75) is 12.6 Å². The molecular weight excluding hydrogens is 249 g/mol. The predicted octanol–water partition coefficient (Wildman–Crippen LogP) is 4.94. The van der Waals surface area contributed by atoms with Crippen LogP contribution in [0.3, 0.4) is 0 Å². The largest absolute Gasteiger partial charge is 0.417 e. The van der Waals surface area contributed by atoms with Gasteiger partial charge in [0, 0.05) is 0 Å². The van der Waals surface area contributed by atoms with Crippen molar-refractivity contribution in [2.24, 2.45) is 0 Å². The first-order chi connectivity index (χ1) is 9.05. The molecule has 0 unspecified atom stereocenters. The number of halogens is 3. The first kappa shape index (κ1) is 12.0. The Hall–Kier alpha value is -2.03. The van der Waals surface area contributed by atoms with Gasteiger partial charge >= 0.3 is 6.18 Å². The monoisotopic (exact) mass is 260 g/mol. The number of hydrogen-bond donors (Lipinski definition) is 0. The Morgan fingerprint density at radius 1 is 0.947 bits per heavy atom. The number of hydrogen-bond acceptors (Lipinski definition) is 0. The summed E-state index contributed by atoms with van der Waals surface area (Å²) in [6.45, 7) is 0. The molecular formula is C16H11F3. The third kappa shape index (κ3) is 2.16. The molecule has 0 amide bonds. The van der Waals surface area contributed by atoms with Crippen LogP contribution in [-0.2, 0) is 12.6 Å². The summed E-state index contributed by atoms with van der Waals surface area (Å²) in [7, 11) is 0. The Bertz CT molecular complexity index is 651. The van der Waals surface area contributed by atoms with Gasteiger partial charge in [-0.25, -0.2) is 0 Å². The normalized spacial score (nSPS) is 13.6. The quantitative estimate of drug-likeness (QED) is 0.681. The number of alkyl halides is 3. The van der Waals surface area contributed by atoms with Crippen LogP contribution < -0.4 is 0 Å². The smallest absolute Gasteiger partial charge is 0.166 e.